The number of rotatable bonds is 3. The Morgan fingerprint density at radius 1 is 1.42 bits per heavy atom. The Bertz CT molecular complexity index is 253. The molecule has 12 heavy (non-hydrogen) atoms. The molecule has 0 aliphatic heterocycles. The molecule has 0 saturated heterocycles. The SMILES string of the molecule is CCN(CC)c1snc(N)c1C. The first-order chi connectivity index (χ1) is 5.70. The van der Waals surface area contributed by atoms with Crippen molar-refractivity contribution in [2.75, 3.05) is 23.7 Å². The zero-order valence-electron chi connectivity index (χ0n) is 7.79. The first-order valence-electron chi connectivity index (χ1n) is 4.17. The minimum Gasteiger partial charge on any atom is -0.383 e. The molecule has 0 aliphatic carbocycles. The van der Waals surface area contributed by atoms with Gasteiger partial charge in [-0.25, -0.2) is 0 Å². The Labute approximate surface area is 77.4 Å². The average molecular weight is 185 g/mol. The topological polar surface area (TPSA) is 42.2 Å². The van der Waals surface area contributed by atoms with Crippen molar-refractivity contribution >= 4 is 22.4 Å². The van der Waals surface area contributed by atoms with Gasteiger partial charge in [-0.3, -0.25) is 0 Å². The number of aromatic nitrogens is 1. The third-order valence-electron chi connectivity index (χ3n) is 1.99. The van der Waals surface area contributed by atoms with Gasteiger partial charge in [-0.1, -0.05) is 0 Å². The summed E-state index contributed by atoms with van der Waals surface area (Å²) < 4.78 is 4.11. The first-order valence-corrected chi connectivity index (χ1v) is 4.94. The van der Waals surface area contributed by atoms with Gasteiger partial charge in [0.15, 0.2) is 0 Å². The van der Waals surface area contributed by atoms with Crippen LogP contribution in [0.15, 0.2) is 0 Å². The molecule has 0 spiro atoms. The molecule has 68 valence electrons. The predicted octanol–water partition coefficient (Wildman–Crippen LogP) is 1.88. The summed E-state index contributed by atoms with van der Waals surface area (Å²) in [5, 5.41) is 1.21. The van der Waals surface area contributed by atoms with E-state index in [1.54, 1.807) is 0 Å². The highest BCUT2D eigenvalue weighted by atomic mass is 32.1. The Balaban J connectivity index is 2.93. The molecule has 1 aromatic rings. The molecular weight excluding hydrogens is 170 g/mol. The fourth-order valence-electron chi connectivity index (χ4n) is 1.14. The third kappa shape index (κ3) is 1.53. The summed E-state index contributed by atoms with van der Waals surface area (Å²) in [6, 6.07) is 0. The van der Waals surface area contributed by atoms with Crippen molar-refractivity contribution in [1.29, 1.82) is 0 Å². The Kier molecular flexibility index (Phi) is 2.92. The molecule has 0 fully saturated rings. The number of nitrogens with zero attached hydrogens (tertiary/aromatic N) is 2. The summed E-state index contributed by atoms with van der Waals surface area (Å²) in [5.41, 5.74) is 6.78. The highest BCUT2D eigenvalue weighted by molar-refractivity contribution is 7.10. The first kappa shape index (κ1) is 9.32. The van der Waals surface area contributed by atoms with Gasteiger partial charge in [0.25, 0.3) is 0 Å². The summed E-state index contributed by atoms with van der Waals surface area (Å²) in [4.78, 5) is 2.27. The second-order valence-electron chi connectivity index (χ2n) is 2.67. The second kappa shape index (κ2) is 3.76. The molecule has 3 nitrogen and oxygen atoms in total. The fourth-order valence-corrected chi connectivity index (χ4v) is 2.08. The maximum atomic E-state index is 5.66. The molecule has 4 heteroatoms. The molecule has 0 saturated carbocycles. The van der Waals surface area contributed by atoms with Crippen molar-refractivity contribution < 1.29 is 0 Å². The smallest absolute Gasteiger partial charge is 0.142 e. The van der Waals surface area contributed by atoms with Gasteiger partial charge in [0.05, 0.1) is 0 Å². The summed E-state index contributed by atoms with van der Waals surface area (Å²) in [5.74, 6) is 0.668. The van der Waals surface area contributed by atoms with Gasteiger partial charge in [0.2, 0.25) is 0 Å². The Hall–Kier alpha value is -0.770. The van der Waals surface area contributed by atoms with Gasteiger partial charge in [-0.2, -0.15) is 4.37 Å². The van der Waals surface area contributed by atoms with Gasteiger partial charge in [-0.15, -0.1) is 0 Å². The van der Waals surface area contributed by atoms with Crippen LogP contribution in [0.3, 0.4) is 0 Å². The predicted molar refractivity (Wildman–Crippen MR) is 54.8 cm³/mol. The molecule has 1 heterocycles. The highest BCUT2D eigenvalue weighted by Crippen LogP contribution is 2.28. The second-order valence-corrected chi connectivity index (χ2v) is 3.42. The minimum absolute atomic E-state index is 0.668. The molecule has 0 radical (unpaired) electrons. The monoisotopic (exact) mass is 185 g/mol. The van der Waals surface area contributed by atoms with Crippen molar-refractivity contribution in [2.45, 2.75) is 20.8 Å². The van der Waals surface area contributed by atoms with E-state index in [1.165, 1.54) is 16.5 Å². The van der Waals surface area contributed by atoms with E-state index in [1.807, 2.05) is 6.92 Å². The van der Waals surface area contributed by atoms with E-state index in [4.69, 9.17) is 5.73 Å². The molecule has 0 aromatic carbocycles. The molecule has 0 amide bonds. The lowest BCUT2D eigenvalue weighted by atomic mass is 10.3. The zero-order valence-corrected chi connectivity index (χ0v) is 8.61. The summed E-state index contributed by atoms with van der Waals surface area (Å²) in [7, 11) is 0. The van der Waals surface area contributed by atoms with E-state index >= 15 is 0 Å². The number of anilines is 2. The van der Waals surface area contributed by atoms with Crippen molar-refractivity contribution in [1.82, 2.24) is 4.37 Å². The molecule has 0 atom stereocenters. The molecule has 0 unspecified atom stereocenters. The fraction of sp³-hybridized carbons (Fsp3) is 0.625. The van der Waals surface area contributed by atoms with Crippen LogP contribution in [-0.4, -0.2) is 17.5 Å². The van der Waals surface area contributed by atoms with Crippen LogP contribution in [0.25, 0.3) is 0 Å². The molecule has 1 aromatic heterocycles. The van der Waals surface area contributed by atoms with Gasteiger partial charge >= 0.3 is 0 Å². The average Bonchev–Trinajstić information content (AvgIpc) is 2.38. The Morgan fingerprint density at radius 2 is 2.00 bits per heavy atom. The standard InChI is InChI=1S/C8H15N3S/c1-4-11(5-2)8-6(3)7(9)10-12-8/h4-5H2,1-3H3,(H2,9,10). The van der Waals surface area contributed by atoms with E-state index in [9.17, 15) is 0 Å². The van der Waals surface area contributed by atoms with Crippen LogP contribution < -0.4 is 10.6 Å². The maximum absolute atomic E-state index is 5.66. The normalized spacial score (nSPS) is 10.2. The lowest BCUT2D eigenvalue weighted by molar-refractivity contribution is 0.873. The molecule has 0 aliphatic rings. The van der Waals surface area contributed by atoms with Crippen molar-refractivity contribution in [3.8, 4) is 0 Å². The number of hydrogen-bond acceptors (Lipinski definition) is 4. The zero-order chi connectivity index (χ0) is 9.14. The van der Waals surface area contributed by atoms with Crippen LogP contribution in [0.5, 0.6) is 0 Å². The summed E-state index contributed by atoms with van der Waals surface area (Å²) >= 11 is 1.48. The third-order valence-corrected chi connectivity index (χ3v) is 3.01. The van der Waals surface area contributed by atoms with E-state index in [0.29, 0.717) is 5.82 Å². The summed E-state index contributed by atoms with van der Waals surface area (Å²) in [6.45, 7) is 8.32. The van der Waals surface area contributed by atoms with Gasteiger partial charge in [0.1, 0.15) is 10.8 Å². The van der Waals surface area contributed by atoms with Crippen molar-refractivity contribution in [3.05, 3.63) is 5.56 Å². The van der Waals surface area contributed by atoms with Crippen molar-refractivity contribution in [2.24, 2.45) is 0 Å². The lowest BCUT2D eigenvalue weighted by Gasteiger charge is -2.18. The molecular formula is C8H15N3S. The number of nitrogens with two attached hydrogens (primary N) is 1. The van der Waals surface area contributed by atoms with Crippen LogP contribution in [-0.2, 0) is 0 Å². The van der Waals surface area contributed by atoms with Gasteiger partial charge in [0, 0.05) is 18.7 Å². The lowest BCUT2D eigenvalue weighted by Crippen LogP contribution is -2.21. The van der Waals surface area contributed by atoms with Gasteiger partial charge in [-0.05, 0) is 32.3 Å². The van der Waals surface area contributed by atoms with E-state index in [2.05, 4.69) is 23.1 Å². The quantitative estimate of drug-likeness (QED) is 0.781. The summed E-state index contributed by atoms with van der Waals surface area (Å²) in [6.07, 6.45) is 0. The number of hydrogen-bond donors (Lipinski definition) is 1. The molecule has 2 N–H and O–H groups in total. The largest absolute Gasteiger partial charge is 0.383 e. The van der Waals surface area contributed by atoms with Crippen LogP contribution in [0, 0.1) is 6.92 Å². The van der Waals surface area contributed by atoms with E-state index in [0.717, 1.165) is 18.7 Å². The Morgan fingerprint density at radius 3 is 2.33 bits per heavy atom. The number of nitrogen functional groups attached to an aromatic ring is 1. The molecule has 0 bridgehead atoms. The van der Waals surface area contributed by atoms with E-state index < -0.39 is 0 Å². The van der Waals surface area contributed by atoms with Crippen LogP contribution in [0.1, 0.15) is 19.4 Å². The minimum atomic E-state index is 0.668. The van der Waals surface area contributed by atoms with Crippen molar-refractivity contribution in [3.63, 3.8) is 0 Å². The van der Waals surface area contributed by atoms with Gasteiger partial charge < -0.3 is 10.6 Å². The van der Waals surface area contributed by atoms with Crippen LogP contribution >= 0.6 is 11.5 Å². The van der Waals surface area contributed by atoms with Crippen LogP contribution in [0.2, 0.25) is 0 Å². The van der Waals surface area contributed by atoms with Crippen LogP contribution in [0.4, 0.5) is 10.8 Å². The van der Waals surface area contributed by atoms with E-state index in [-0.39, 0.29) is 0 Å². The maximum Gasteiger partial charge on any atom is 0.142 e. The molecule has 1 rings (SSSR count). The highest BCUT2D eigenvalue weighted by Gasteiger charge is 2.10.